The molecule has 0 saturated carbocycles. The fraction of sp³-hybridized carbons (Fsp3) is 0.250. The Morgan fingerprint density at radius 2 is 2.14 bits per heavy atom. The van der Waals surface area contributed by atoms with Crippen molar-refractivity contribution in [3.63, 3.8) is 0 Å². The van der Waals surface area contributed by atoms with Gasteiger partial charge in [0.05, 0.1) is 0 Å². The average Bonchev–Trinajstić information content (AvgIpc) is 2.13. The molecule has 0 amide bonds. The third kappa shape index (κ3) is 4.30. The van der Waals surface area contributed by atoms with Crippen LogP contribution in [-0.4, -0.2) is 15.7 Å². The van der Waals surface area contributed by atoms with Crippen molar-refractivity contribution in [1.29, 1.82) is 0 Å². The maximum absolute atomic E-state index is 9.26. The summed E-state index contributed by atoms with van der Waals surface area (Å²) in [4.78, 5) is 3.91. The summed E-state index contributed by atoms with van der Waals surface area (Å²) in [5, 5.41) is 9.26. The Labute approximate surface area is 84.0 Å². The van der Waals surface area contributed by atoms with Crippen LogP contribution in [0, 0.1) is 23.7 Å². The summed E-state index contributed by atoms with van der Waals surface area (Å²) in [7, 11) is 0. The summed E-state index contributed by atoms with van der Waals surface area (Å²) in [6.45, 7) is 3.23. The zero-order valence-electron chi connectivity index (χ0n) is 8.20. The molecule has 0 fully saturated rings. The molecule has 0 aliphatic rings. The van der Waals surface area contributed by atoms with Gasteiger partial charge >= 0.3 is 0 Å². The SMILES string of the molecule is CC(C)(O)C#CC#Cc1cccnc1. The predicted octanol–water partition coefficient (Wildman–Crippen LogP) is 1.21. The lowest BCUT2D eigenvalue weighted by molar-refractivity contribution is 0.143. The van der Waals surface area contributed by atoms with Crippen LogP contribution in [0.5, 0.6) is 0 Å². The van der Waals surface area contributed by atoms with Crippen LogP contribution in [0.4, 0.5) is 0 Å². The number of rotatable bonds is 0. The highest BCUT2D eigenvalue weighted by Gasteiger charge is 2.04. The van der Waals surface area contributed by atoms with Gasteiger partial charge in [-0.15, -0.1) is 0 Å². The van der Waals surface area contributed by atoms with Gasteiger partial charge in [-0.25, -0.2) is 0 Å². The van der Waals surface area contributed by atoms with Crippen molar-refractivity contribution in [2.75, 3.05) is 0 Å². The minimum absolute atomic E-state index is 0.817. The summed E-state index contributed by atoms with van der Waals surface area (Å²) in [6.07, 6.45) is 3.35. The van der Waals surface area contributed by atoms with Gasteiger partial charge < -0.3 is 5.11 Å². The van der Waals surface area contributed by atoms with E-state index in [4.69, 9.17) is 0 Å². The molecule has 1 N–H and O–H groups in total. The number of nitrogens with zero attached hydrogens (tertiary/aromatic N) is 1. The molecule has 1 aromatic heterocycles. The average molecular weight is 185 g/mol. The Morgan fingerprint density at radius 1 is 1.36 bits per heavy atom. The van der Waals surface area contributed by atoms with E-state index in [1.54, 1.807) is 26.2 Å². The molecule has 0 atom stereocenters. The summed E-state index contributed by atoms with van der Waals surface area (Å²) in [5.74, 6) is 10.7. The van der Waals surface area contributed by atoms with Crippen molar-refractivity contribution < 1.29 is 5.11 Å². The molecule has 0 aliphatic heterocycles. The molecule has 1 rings (SSSR count). The minimum Gasteiger partial charge on any atom is -0.378 e. The normalized spacial score (nSPS) is 9.36. The fourth-order valence-electron chi connectivity index (χ4n) is 0.724. The van der Waals surface area contributed by atoms with Gasteiger partial charge in [0, 0.05) is 18.0 Å². The molecule has 70 valence electrons. The van der Waals surface area contributed by atoms with E-state index in [1.165, 1.54) is 0 Å². The summed E-state index contributed by atoms with van der Waals surface area (Å²) >= 11 is 0. The van der Waals surface area contributed by atoms with E-state index in [0.717, 1.165) is 5.56 Å². The van der Waals surface area contributed by atoms with Gasteiger partial charge in [-0.05, 0) is 37.8 Å². The van der Waals surface area contributed by atoms with Crippen LogP contribution >= 0.6 is 0 Å². The molecule has 2 nitrogen and oxygen atoms in total. The van der Waals surface area contributed by atoms with Crippen LogP contribution in [-0.2, 0) is 0 Å². The van der Waals surface area contributed by atoms with Gasteiger partial charge in [-0.1, -0.05) is 11.8 Å². The zero-order valence-corrected chi connectivity index (χ0v) is 8.20. The lowest BCUT2D eigenvalue weighted by Gasteiger charge is -2.04. The highest BCUT2D eigenvalue weighted by molar-refractivity contribution is 5.39. The second-order valence-corrected chi connectivity index (χ2v) is 3.30. The highest BCUT2D eigenvalue weighted by atomic mass is 16.3. The van der Waals surface area contributed by atoms with Crippen LogP contribution in [0.1, 0.15) is 19.4 Å². The van der Waals surface area contributed by atoms with E-state index in [9.17, 15) is 5.11 Å². The summed E-state index contributed by atoms with van der Waals surface area (Å²) in [5.41, 5.74) is -0.165. The number of pyridine rings is 1. The van der Waals surface area contributed by atoms with Crippen molar-refractivity contribution in [3.8, 4) is 23.7 Å². The molecule has 2 heteroatoms. The first-order chi connectivity index (χ1) is 6.58. The Bertz CT molecular complexity index is 407. The van der Waals surface area contributed by atoms with Crippen molar-refractivity contribution >= 4 is 0 Å². The number of aromatic nitrogens is 1. The predicted molar refractivity (Wildman–Crippen MR) is 55.2 cm³/mol. The van der Waals surface area contributed by atoms with Gasteiger partial charge in [-0.2, -0.15) is 0 Å². The van der Waals surface area contributed by atoms with Gasteiger partial charge in [0.2, 0.25) is 0 Å². The lowest BCUT2D eigenvalue weighted by atomic mass is 10.1. The Morgan fingerprint density at radius 3 is 2.71 bits per heavy atom. The largest absolute Gasteiger partial charge is 0.378 e. The number of hydrogen-bond donors (Lipinski definition) is 1. The number of hydrogen-bond acceptors (Lipinski definition) is 2. The van der Waals surface area contributed by atoms with Crippen LogP contribution in [0.2, 0.25) is 0 Å². The second-order valence-electron chi connectivity index (χ2n) is 3.30. The molecule has 14 heavy (non-hydrogen) atoms. The topological polar surface area (TPSA) is 33.1 Å². The monoisotopic (exact) mass is 185 g/mol. The number of aliphatic hydroxyl groups is 1. The lowest BCUT2D eigenvalue weighted by Crippen LogP contribution is -2.14. The first-order valence-electron chi connectivity index (χ1n) is 4.23. The van der Waals surface area contributed by atoms with E-state index >= 15 is 0 Å². The van der Waals surface area contributed by atoms with Crippen LogP contribution < -0.4 is 0 Å². The zero-order chi connectivity index (χ0) is 10.4. The first kappa shape index (κ1) is 10.3. The summed E-state index contributed by atoms with van der Waals surface area (Å²) < 4.78 is 0. The van der Waals surface area contributed by atoms with Crippen molar-refractivity contribution in [3.05, 3.63) is 30.1 Å². The van der Waals surface area contributed by atoms with E-state index in [1.807, 2.05) is 12.1 Å². The van der Waals surface area contributed by atoms with Gasteiger partial charge in [0.15, 0.2) is 0 Å². The maximum Gasteiger partial charge on any atom is 0.120 e. The molecular formula is C12H11NO. The molecule has 0 unspecified atom stereocenters. The van der Waals surface area contributed by atoms with Crippen LogP contribution in [0.15, 0.2) is 24.5 Å². The second kappa shape index (κ2) is 4.46. The molecule has 0 aliphatic carbocycles. The molecule has 0 saturated heterocycles. The van der Waals surface area contributed by atoms with E-state index in [-0.39, 0.29) is 0 Å². The van der Waals surface area contributed by atoms with Crippen LogP contribution in [0.3, 0.4) is 0 Å². The molecular weight excluding hydrogens is 174 g/mol. The highest BCUT2D eigenvalue weighted by Crippen LogP contribution is 1.95. The first-order valence-corrected chi connectivity index (χ1v) is 4.23. The minimum atomic E-state index is -0.983. The third-order valence-electron chi connectivity index (χ3n) is 1.30. The van der Waals surface area contributed by atoms with Crippen molar-refractivity contribution in [2.24, 2.45) is 0 Å². The Hall–Kier alpha value is -1.77. The molecule has 0 aromatic carbocycles. The fourth-order valence-corrected chi connectivity index (χ4v) is 0.724. The Balaban J connectivity index is 2.70. The van der Waals surface area contributed by atoms with Crippen LogP contribution in [0.25, 0.3) is 0 Å². The molecule has 0 bridgehead atoms. The Kier molecular flexibility index (Phi) is 3.29. The van der Waals surface area contributed by atoms with Gasteiger partial charge in [-0.3, -0.25) is 4.98 Å². The molecule has 1 heterocycles. The standard InChI is InChI=1S/C12H11NO/c1-12(2,14)8-4-3-6-11-7-5-9-13-10-11/h5,7,9-10,14H,1-2H3. The quantitative estimate of drug-likeness (QED) is 0.616. The van der Waals surface area contributed by atoms with E-state index in [2.05, 4.69) is 28.7 Å². The van der Waals surface area contributed by atoms with Gasteiger partial charge in [0.1, 0.15) is 5.60 Å². The van der Waals surface area contributed by atoms with E-state index in [0.29, 0.717) is 0 Å². The maximum atomic E-state index is 9.26. The molecule has 0 spiro atoms. The smallest absolute Gasteiger partial charge is 0.120 e. The molecule has 0 radical (unpaired) electrons. The van der Waals surface area contributed by atoms with Crippen molar-refractivity contribution in [1.82, 2.24) is 4.98 Å². The van der Waals surface area contributed by atoms with E-state index < -0.39 is 5.60 Å². The van der Waals surface area contributed by atoms with Crippen molar-refractivity contribution in [2.45, 2.75) is 19.4 Å². The third-order valence-corrected chi connectivity index (χ3v) is 1.30. The molecule has 1 aromatic rings. The van der Waals surface area contributed by atoms with Gasteiger partial charge in [0.25, 0.3) is 0 Å². The summed E-state index contributed by atoms with van der Waals surface area (Å²) in [6, 6.07) is 3.67.